The highest BCUT2D eigenvalue weighted by molar-refractivity contribution is 6.31. The fraction of sp³-hybridized carbons (Fsp3) is 0.235. The van der Waals surface area contributed by atoms with E-state index < -0.39 is 0 Å². The van der Waals surface area contributed by atoms with E-state index in [1.165, 1.54) is 0 Å². The molecule has 4 nitrogen and oxygen atoms in total. The Balaban J connectivity index is 1.91. The van der Waals surface area contributed by atoms with Crippen molar-refractivity contribution in [3.63, 3.8) is 0 Å². The minimum atomic E-state index is -0.127. The molecule has 0 spiro atoms. The number of hydrogen-bond acceptors (Lipinski definition) is 3. The van der Waals surface area contributed by atoms with Crippen LogP contribution in [0.15, 0.2) is 36.4 Å². The van der Waals surface area contributed by atoms with Gasteiger partial charge in [-0.1, -0.05) is 29.3 Å². The third-order valence-corrected chi connectivity index (χ3v) is 4.02. The van der Waals surface area contributed by atoms with Crippen LogP contribution in [0.3, 0.4) is 0 Å². The molecule has 6 heteroatoms. The summed E-state index contributed by atoms with van der Waals surface area (Å²) in [5.41, 5.74) is 2.45. The topological polar surface area (TPSA) is 50.4 Å². The first-order valence-electron chi connectivity index (χ1n) is 7.13. The van der Waals surface area contributed by atoms with E-state index in [1.54, 1.807) is 25.3 Å². The second kappa shape index (κ2) is 8.09. The van der Waals surface area contributed by atoms with Crippen LogP contribution in [0.2, 0.25) is 10.0 Å². The zero-order valence-electron chi connectivity index (χ0n) is 13.0. The summed E-state index contributed by atoms with van der Waals surface area (Å²) >= 11 is 12.0. The Labute approximate surface area is 145 Å². The summed E-state index contributed by atoms with van der Waals surface area (Å²) in [6, 6.07) is 10.7. The predicted octanol–water partition coefficient (Wildman–Crippen LogP) is 4.75. The molecule has 0 radical (unpaired) electrons. The van der Waals surface area contributed by atoms with Gasteiger partial charge in [0.1, 0.15) is 5.75 Å². The van der Waals surface area contributed by atoms with Crippen LogP contribution >= 0.6 is 23.2 Å². The number of anilines is 2. The maximum Gasteiger partial charge on any atom is 0.226 e. The van der Waals surface area contributed by atoms with Crippen LogP contribution in [-0.2, 0) is 4.79 Å². The van der Waals surface area contributed by atoms with Crippen molar-refractivity contribution in [2.45, 2.75) is 13.3 Å². The molecule has 0 fully saturated rings. The molecule has 122 valence electrons. The van der Waals surface area contributed by atoms with E-state index in [9.17, 15) is 4.79 Å². The van der Waals surface area contributed by atoms with Gasteiger partial charge in [-0.15, -0.1) is 0 Å². The molecular weight excluding hydrogens is 335 g/mol. The Morgan fingerprint density at radius 1 is 1.17 bits per heavy atom. The maximum atomic E-state index is 12.1. The lowest BCUT2D eigenvalue weighted by atomic mass is 10.2. The third-order valence-electron chi connectivity index (χ3n) is 3.37. The highest BCUT2D eigenvalue weighted by Crippen LogP contribution is 2.28. The molecule has 0 aliphatic heterocycles. The molecule has 0 aromatic heterocycles. The number of carbonyl (C=O) groups is 1. The van der Waals surface area contributed by atoms with E-state index in [0.29, 0.717) is 34.4 Å². The number of nitrogens with one attached hydrogen (secondary N) is 2. The predicted molar refractivity (Wildman–Crippen MR) is 95.9 cm³/mol. The molecule has 2 rings (SSSR count). The second-order valence-corrected chi connectivity index (χ2v) is 5.83. The largest absolute Gasteiger partial charge is 0.495 e. The Morgan fingerprint density at radius 3 is 2.70 bits per heavy atom. The molecule has 0 atom stereocenters. The maximum absolute atomic E-state index is 12.1. The zero-order valence-corrected chi connectivity index (χ0v) is 14.5. The summed E-state index contributed by atoms with van der Waals surface area (Å²) < 4.78 is 5.20. The molecular formula is C17H18Cl2N2O2. The molecule has 2 aromatic carbocycles. The van der Waals surface area contributed by atoms with Gasteiger partial charge in [0.05, 0.1) is 12.8 Å². The van der Waals surface area contributed by atoms with Gasteiger partial charge in [0, 0.05) is 28.7 Å². The Bertz CT molecular complexity index is 705. The standard InChI is InChI=1S/C17H18Cl2N2O2/c1-11-13(19)4-3-5-14(11)20-9-8-17(22)21-15-10-12(18)6-7-16(15)23-2/h3-7,10,20H,8-9H2,1-2H3,(H,21,22). The Morgan fingerprint density at radius 2 is 1.96 bits per heavy atom. The van der Waals surface area contributed by atoms with Crippen LogP contribution in [0.5, 0.6) is 5.75 Å². The Kier molecular flexibility index (Phi) is 6.13. The lowest BCUT2D eigenvalue weighted by Gasteiger charge is -2.12. The quantitative estimate of drug-likeness (QED) is 0.788. The number of amides is 1. The Hall–Kier alpha value is -1.91. The molecule has 0 aliphatic rings. The summed E-state index contributed by atoms with van der Waals surface area (Å²) in [6.45, 7) is 2.43. The van der Waals surface area contributed by atoms with Gasteiger partial charge in [0.25, 0.3) is 0 Å². The van der Waals surface area contributed by atoms with Gasteiger partial charge >= 0.3 is 0 Å². The van der Waals surface area contributed by atoms with Crippen molar-refractivity contribution < 1.29 is 9.53 Å². The van der Waals surface area contributed by atoms with Crippen molar-refractivity contribution in [2.75, 3.05) is 24.3 Å². The van der Waals surface area contributed by atoms with Crippen LogP contribution in [-0.4, -0.2) is 19.6 Å². The first kappa shape index (κ1) is 17.4. The van der Waals surface area contributed by atoms with Gasteiger partial charge in [0.15, 0.2) is 0 Å². The number of halogens is 2. The molecule has 0 unspecified atom stereocenters. The molecule has 0 saturated carbocycles. The lowest BCUT2D eigenvalue weighted by Crippen LogP contribution is -2.17. The summed E-state index contributed by atoms with van der Waals surface area (Å²) in [4.78, 5) is 12.1. The van der Waals surface area contributed by atoms with Crippen LogP contribution in [0, 0.1) is 6.92 Å². The number of rotatable bonds is 6. The van der Waals surface area contributed by atoms with E-state index in [4.69, 9.17) is 27.9 Å². The average Bonchev–Trinajstić information content (AvgIpc) is 2.52. The number of ether oxygens (including phenoxy) is 1. The van der Waals surface area contributed by atoms with Crippen molar-refractivity contribution in [3.8, 4) is 5.75 Å². The number of methoxy groups -OCH3 is 1. The lowest BCUT2D eigenvalue weighted by molar-refractivity contribution is -0.116. The van der Waals surface area contributed by atoms with Gasteiger partial charge in [-0.2, -0.15) is 0 Å². The van der Waals surface area contributed by atoms with Gasteiger partial charge in [-0.25, -0.2) is 0 Å². The number of carbonyl (C=O) groups excluding carboxylic acids is 1. The zero-order chi connectivity index (χ0) is 16.8. The van der Waals surface area contributed by atoms with Crippen molar-refractivity contribution >= 4 is 40.5 Å². The SMILES string of the molecule is COc1ccc(Cl)cc1NC(=O)CCNc1cccc(Cl)c1C. The van der Waals surface area contributed by atoms with E-state index in [0.717, 1.165) is 11.3 Å². The fourth-order valence-electron chi connectivity index (χ4n) is 2.10. The molecule has 0 bridgehead atoms. The smallest absolute Gasteiger partial charge is 0.226 e. The minimum absolute atomic E-state index is 0.127. The molecule has 0 saturated heterocycles. The summed E-state index contributed by atoms with van der Waals surface area (Å²) in [5, 5.41) is 7.24. The van der Waals surface area contributed by atoms with Crippen LogP contribution in [0.1, 0.15) is 12.0 Å². The third kappa shape index (κ3) is 4.78. The van der Waals surface area contributed by atoms with Crippen molar-refractivity contribution in [1.29, 1.82) is 0 Å². The molecule has 23 heavy (non-hydrogen) atoms. The minimum Gasteiger partial charge on any atom is -0.495 e. The molecule has 1 amide bonds. The second-order valence-electron chi connectivity index (χ2n) is 4.98. The summed E-state index contributed by atoms with van der Waals surface area (Å²) in [6.07, 6.45) is 0.307. The summed E-state index contributed by atoms with van der Waals surface area (Å²) in [7, 11) is 1.54. The van der Waals surface area contributed by atoms with Crippen molar-refractivity contribution in [3.05, 3.63) is 52.0 Å². The monoisotopic (exact) mass is 352 g/mol. The van der Waals surface area contributed by atoms with Gasteiger partial charge in [-0.3, -0.25) is 4.79 Å². The highest BCUT2D eigenvalue weighted by atomic mass is 35.5. The first-order valence-corrected chi connectivity index (χ1v) is 7.89. The molecule has 2 N–H and O–H groups in total. The highest BCUT2D eigenvalue weighted by Gasteiger charge is 2.09. The molecule has 0 aliphatic carbocycles. The van der Waals surface area contributed by atoms with Crippen LogP contribution in [0.25, 0.3) is 0 Å². The number of hydrogen-bond donors (Lipinski definition) is 2. The first-order chi connectivity index (χ1) is 11.0. The van der Waals surface area contributed by atoms with E-state index >= 15 is 0 Å². The van der Waals surface area contributed by atoms with Gasteiger partial charge in [0.2, 0.25) is 5.91 Å². The molecule has 0 heterocycles. The van der Waals surface area contributed by atoms with E-state index in [2.05, 4.69) is 10.6 Å². The molecule has 2 aromatic rings. The number of benzene rings is 2. The van der Waals surface area contributed by atoms with Gasteiger partial charge in [-0.05, 0) is 42.8 Å². The average molecular weight is 353 g/mol. The van der Waals surface area contributed by atoms with Crippen LogP contribution in [0.4, 0.5) is 11.4 Å². The summed E-state index contributed by atoms with van der Waals surface area (Å²) in [5.74, 6) is 0.444. The fourth-order valence-corrected chi connectivity index (χ4v) is 2.45. The normalized spacial score (nSPS) is 10.3. The van der Waals surface area contributed by atoms with E-state index in [1.807, 2.05) is 25.1 Å². The van der Waals surface area contributed by atoms with Crippen molar-refractivity contribution in [2.24, 2.45) is 0 Å². The van der Waals surface area contributed by atoms with Crippen molar-refractivity contribution in [1.82, 2.24) is 0 Å². The van der Waals surface area contributed by atoms with Crippen LogP contribution < -0.4 is 15.4 Å². The van der Waals surface area contributed by atoms with Gasteiger partial charge < -0.3 is 15.4 Å². The van der Waals surface area contributed by atoms with E-state index in [-0.39, 0.29) is 5.91 Å².